The number of aromatic nitrogens is 2. The van der Waals surface area contributed by atoms with Gasteiger partial charge in [-0.3, -0.25) is 0 Å². The van der Waals surface area contributed by atoms with Crippen LogP contribution >= 0.6 is 0 Å². The van der Waals surface area contributed by atoms with Gasteiger partial charge in [0.1, 0.15) is 23.8 Å². The molecule has 7 heteroatoms. The van der Waals surface area contributed by atoms with Crippen LogP contribution in [0.4, 0.5) is 9.18 Å². The molecular weight excluding hydrogens is 457 g/mol. The van der Waals surface area contributed by atoms with Crippen LogP contribution in [-0.2, 0) is 17.8 Å². The molecule has 0 spiro atoms. The minimum atomic E-state index is -0.507. The van der Waals surface area contributed by atoms with Gasteiger partial charge in [0.2, 0.25) is 0 Å². The molecule has 4 rings (SSSR count). The molecule has 0 saturated carbocycles. The maximum atomic E-state index is 14.0. The summed E-state index contributed by atoms with van der Waals surface area (Å²) in [6, 6.07) is 16.3. The highest BCUT2D eigenvalue weighted by Gasteiger charge is 2.28. The second kappa shape index (κ2) is 11.1. The van der Waals surface area contributed by atoms with Crippen molar-refractivity contribution in [3.63, 3.8) is 0 Å². The van der Waals surface area contributed by atoms with Crippen molar-refractivity contribution in [2.24, 2.45) is 5.92 Å². The van der Waals surface area contributed by atoms with E-state index >= 15 is 0 Å². The van der Waals surface area contributed by atoms with Crippen LogP contribution < -0.4 is 4.74 Å². The molecule has 36 heavy (non-hydrogen) atoms. The van der Waals surface area contributed by atoms with Gasteiger partial charge in [-0.2, -0.15) is 5.10 Å². The lowest BCUT2D eigenvalue weighted by Crippen LogP contribution is -2.43. The number of likely N-dealkylation sites (tertiary alicyclic amines) is 1. The molecule has 2 aromatic carbocycles. The zero-order valence-electron chi connectivity index (χ0n) is 21.5. The molecule has 1 aromatic heterocycles. The highest BCUT2D eigenvalue weighted by atomic mass is 19.1. The number of carbonyl (C=O) groups excluding carboxylic acids is 1. The number of halogens is 1. The maximum Gasteiger partial charge on any atom is 0.410 e. The Bertz CT molecular complexity index is 1190. The van der Waals surface area contributed by atoms with Crippen LogP contribution in [0, 0.1) is 18.7 Å². The average Bonchev–Trinajstić information content (AvgIpc) is 2.83. The molecule has 3 aromatic rings. The van der Waals surface area contributed by atoms with Crippen molar-refractivity contribution in [1.29, 1.82) is 0 Å². The molecule has 1 atom stereocenters. The summed E-state index contributed by atoms with van der Waals surface area (Å²) in [6.45, 7) is 9.31. The van der Waals surface area contributed by atoms with Crippen molar-refractivity contribution >= 4 is 6.09 Å². The molecule has 1 aliphatic rings. The molecule has 190 valence electrons. The van der Waals surface area contributed by atoms with Crippen LogP contribution in [0.15, 0.2) is 54.6 Å². The zero-order valence-corrected chi connectivity index (χ0v) is 21.5. The topological polar surface area (TPSA) is 64.6 Å². The van der Waals surface area contributed by atoms with Crippen LogP contribution in [-0.4, -0.2) is 39.9 Å². The first-order chi connectivity index (χ1) is 17.2. The van der Waals surface area contributed by atoms with Crippen molar-refractivity contribution in [3.05, 3.63) is 77.2 Å². The molecule has 1 unspecified atom stereocenters. The van der Waals surface area contributed by atoms with Crippen molar-refractivity contribution < 1.29 is 18.7 Å². The highest BCUT2D eigenvalue weighted by Crippen LogP contribution is 2.32. The lowest BCUT2D eigenvalue weighted by atomic mass is 9.93. The standard InChI is InChI=1S/C29H34FN3O3/c1-20-15-24(16-22-11-8-14-33(18-22)28(34)36-29(2,3)4)31-32-27(20)25-13-12-23(30)17-26(25)35-19-21-9-6-5-7-10-21/h5-7,9-10,12-13,15,17,22H,8,11,14,16,18-19H2,1-4H3. The molecule has 0 radical (unpaired) electrons. The average molecular weight is 492 g/mol. The van der Waals surface area contributed by atoms with E-state index in [4.69, 9.17) is 9.47 Å². The summed E-state index contributed by atoms with van der Waals surface area (Å²) < 4.78 is 25.6. The highest BCUT2D eigenvalue weighted by molar-refractivity contribution is 5.70. The third-order valence-corrected chi connectivity index (χ3v) is 6.14. The van der Waals surface area contributed by atoms with E-state index in [0.29, 0.717) is 42.6 Å². The lowest BCUT2D eigenvalue weighted by Gasteiger charge is -2.34. The summed E-state index contributed by atoms with van der Waals surface area (Å²) >= 11 is 0. The number of ether oxygens (including phenoxy) is 2. The molecule has 0 aliphatic carbocycles. The quantitative estimate of drug-likeness (QED) is 0.401. The summed E-state index contributed by atoms with van der Waals surface area (Å²) in [5.74, 6) is 0.363. The van der Waals surface area contributed by atoms with E-state index in [0.717, 1.165) is 36.1 Å². The first kappa shape index (κ1) is 25.6. The zero-order chi connectivity index (χ0) is 25.7. The summed E-state index contributed by atoms with van der Waals surface area (Å²) in [7, 11) is 0. The largest absolute Gasteiger partial charge is 0.488 e. The van der Waals surface area contributed by atoms with Crippen molar-refractivity contribution in [2.45, 2.75) is 59.2 Å². The molecule has 1 aliphatic heterocycles. The Morgan fingerprint density at radius 3 is 2.61 bits per heavy atom. The van der Waals surface area contributed by atoms with Crippen molar-refractivity contribution in [3.8, 4) is 17.0 Å². The van der Waals surface area contributed by atoms with E-state index in [-0.39, 0.29) is 11.9 Å². The first-order valence-electron chi connectivity index (χ1n) is 12.5. The van der Waals surface area contributed by atoms with Crippen LogP contribution in [0.2, 0.25) is 0 Å². The molecule has 1 fully saturated rings. The van der Waals surface area contributed by atoms with E-state index in [2.05, 4.69) is 10.2 Å². The van der Waals surface area contributed by atoms with Gasteiger partial charge >= 0.3 is 6.09 Å². The van der Waals surface area contributed by atoms with E-state index in [9.17, 15) is 9.18 Å². The number of benzene rings is 2. The van der Waals surface area contributed by atoms with Crippen LogP contribution in [0.25, 0.3) is 11.3 Å². The number of aryl methyl sites for hydroxylation is 1. The summed E-state index contributed by atoms with van der Waals surface area (Å²) in [6.07, 6.45) is 2.43. The number of hydrogen-bond donors (Lipinski definition) is 0. The van der Waals surface area contributed by atoms with Crippen molar-refractivity contribution in [1.82, 2.24) is 15.1 Å². The minimum absolute atomic E-state index is 0.260. The van der Waals surface area contributed by atoms with Crippen molar-refractivity contribution in [2.75, 3.05) is 13.1 Å². The number of rotatable bonds is 6. The third-order valence-electron chi connectivity index (χ3n) is 6.14. The van der Waals surface area contributed by atoms with Gasteiger partial charge in [0, 0.05) is 24.7 Å². The van der Waals surface area contributed by atoms with Gasteiger partial charge < -0.3 is 14.4 Å². The Labute approximate surface area is 212 Å². The monoisotopic (exact) mass is 491 g/mol. The molecule has 1 saturated heterocycles. The predicted molar refractivity (Wildman–Crippen MR) is 137 cm³/mol. The molecule has 0 N–H and O–H groups in total. The van der Waals surface area contributed by atoms with Gasteiger partial charge in [0.05, 0.1) is 11.4 Å². The smallest absolute Gasteiger partial charge is 0.410 e. The van der Waals surface area contributed by atoms with E-state index in [1.807, 2.05) is 64.1 Å². The summed E-state index contributed by atoms with van der Waals surface area (Å²) in [5.41, 5.74) is 3.68. The summed E-state index contributed by atoms with van der Waals surface area (Å²) in [4.78, 5) is 14.3. The van der Waals surface area contributed by atoms with Gasteiger partial charge in [-0.15, -0.1) is 5.10 Å². The number of hydrogen-bond acceptors (Lipinski definition) is 5. The summed E-state index contributed by atoms with van der Waals surface area (Å²) in [5, 5.41) is 8.99. The van der Waals surface area contributed by atoms with Crippen LogP contribution in [0.1, 0.15) is 50.4 Å². The lowest BCUT2D eigenvalue weighted by molar-refractivity contribution is 0.0165. The van der Waals surface area contributed by atoms with Gasteiger partial charge in [-0.1, -0.05) is 30.3 Å². The molecular formula is C29H34FN3O3. The van der Waals surface area contributed by atoms with E-state index in [1.54, 1.807) is 11.0 Å². The molecule has 1 amide bonds. The maximum absolute atomic E-state index is 14.0. The molecule has 0 bridgehead atoms. The normalized spacial score (nSPS) is 16.0. The fraction of sp³-hybridized carbons (Fsp3) is 0.414. The van der Waals surface area contributed by atoms with Gasteiger partial charge in [0.15, 0.2) is 0 Å². The van der Waals surface area contributed by atoms with Crippen LogP contribution in [0.5, 0.6) is 5.75 Å². The SMILES string of the molecule is Cc1cc(CC2CCCN(C(=O)OC(C)(C)C)C2)nnc1-c1ccc(F)cc1OCc1ccccc1. The minimum Gasteiger partial charge on any atom is -0.488 e. The van der Waals surface area contributed by atoms with Gasteiger partial charge in [-0.05, 0) is 82.2 Å². The Kier molecular flexibility index (Phi) is 7.87. The number of amides is 1. The second-order valence-corrected chi connectivity index (χ2v) is 10.4. The second-order valence-electron chi connectivity index (χ2n) is 10.4. The van der Waals surface area contributed by atoms with Crippen LogP contribution in [0.3, 0.4) is 0 Å². The third kappa shape index (κ3) is 6.80. The predicted octanol–water partition coefficient (Wildman–Crippen LogP) is 6.36. The Balaban J connectivity index is 1.46. The van der Waals surface area contributed by atoms with E-state index in [1.165, 1.54) is 12.1 Å². The molecule has 2 heterocycles. The number of carbonyl (C=O) groups is 1. The van der Waals surface area contributed by atoms with Gasteiger partial charge in [0.25, 0.3) is 0 Å². The Morgan fingerprint density at radius 2 is 1.89 bits per heavy atom. The number of nitrogens with zero attached hydrogens (tertiary/aromatic N) is 3. The van der Waals surface area contributed by atoms with Gasteiger partial charge in [-0.25, -0.2) is 9.18 Å². The molecule has 6 nitrogen and oxygen atoms in total. The fourth-order valence-electron chi connectivity index (χ4n) is 4.47. The van der Waals surface area contributed by atoms with E-state index < -0.39 is 5.60 Å². The Morgan fingerprint density at radius 1 is 1.11 bits per heavy atom. The fourth-order valence-corrected chi connectivity index (χ4v) is 4.47. The Hall–Kier alpha value is -3.48. The number of piperidine rings is 1. The first-order valence-corrected chi connectivity index (χ1v) is 12.5.